The van der Waals surface area contributed by atoms with Crippen molar-refractivity contribution < 1.29 is 19.1 Å². The minimum absolute atomic E-state index is 0.208. The predicted molar refractivity (Wildman–Crippen MR) is 82.2 cm³/mol. The zero-order valence-corrected chi connectivity index (χ0v) is 13.3. The maximum atomic E-state index is 11.3. The fourth-order valence-electron chi connectivity index (χ4n) is 2.13. The van der Waals surface area contributed by atoms with E-state index in [4.69, 9.17) is 4.74 Å². The molecule has 0 bridgehead atoms. The number of ether oxygens (including phenoxy) is 1. The lowest BCUT2D eigenvalue weighted by Crippen LogP contribution is -2.30. The van der Waals surface area contributed by atoms with Crippen LogP contribution in [-0.4, -0.2) is 68.0 Å². The van der Waals surface area contributed by atoms with Gasteiger partial charge in [-0.2, -0.15) is 0 Å². The molecule has 22 heavy (non-hydrogen) atoms. The lowest BCUT2D eigenvalue weighted by Gasteiger charge is -2.16. The highest BCUT2D eigenvalue weighted by atomic mass is 16.5. The normalized spacial score (nSPS) is 14.0. The van der Waals surface area contributed by atoms with Gasteiger partial charge in [-0.25, -0.2) is 4.79 Å². The summed E-state index contributed by atoms with van der Waals surface area (Å²) in [5.74, 6) is -0.415. The van der Waals surface area contributed by atoms with Crippen LogP contribution in [0.5, 0.6) is 0 Å². The Bertz CT molecular complexity index is 405. The van der Waals surface area contributed by atoms with Crippen LogP contribution >= 0.6 is 0 Å². The molecule has 0 saturated heterocycles. The Morgan fingerprint density at radius 1 is 1.14 bits per heavy atom. The smallest absolute Gasteiger partial charge is 0.406 e. The van der Waals surface area contributed by atoms with Crippen molar-refractivity contribution in [1.82, 2.24) is 15.1 Å². The third kappa shape index (κ3) is 6.71. The first-order valence-corrected chi connectivity index (χ1v) is 7.61. The highest BCUT2D eigenvalue weighted by Crippen LogP contribution is 2.07. The third-order valence-electron chi connectivity index (χ3n) is 3.48. The number of imide groups is 1. The van der Waals surface area contributed by atoms with Crippen LogP contribution in [-0.2, 0) is 14.3 Å². The molecule has 0 aromatic carbocycles. The fourth-order valence-corrected chi connectivity index (χ4v) is 2.13. The zero-order valence-electron chi connectivity index (χ0n) is 13.3. The average Bonchev–Trinajstić information content (AvgIpc) is 2.81. The van der Waals surface area contributed by atoms with Crippen LogP contribution in [0.25, 0.3) is 0 Å². The lowest BCUT2D eigenvalue weighted by atomic mass is 10.2. The molecule has 0 radical (unpaired) electrons. The third-order valence-corrected chi connectivity index (χ3v) is 3.48. The van der Waals surface area contributed by atoms with E-state index < -0.39 is 6.09 Å². The molecule has 3 amide bonds. The molecule has 0 fully saturated rings. The van der Waals surface area contributed by atoms with Crippen LogP contribution in [0.4, 0.5) is 4.79 Å². The van der Waals surface area contributed by atoms with Crippen LogP contribution < -0.4 is 5.32 Å². The van der Waals surface area contributed by atoms with Crippen LogP contribution in [0.2, 0.25) is 0 Å². The molecule has 1 heterocycles. The van der Waals surface area contributed by atoms with Crippen molar-refractivity contribution >= 4 is 17.9 Å². The molecule has 0 aromatic heterocycles. The Kier molecular flexibility index (Phi) is 8.21. The van der Waals surface area contributed by atoms with Crippen molar-refractivity contribution in [3.63, 3.8) is 0 Å². The summed E-state index contributed by atoms with van der Waals surface area (Å²) in [5, 5.41) is 2.40. The van der Waals surface area contributed by atoms with E-state index >= 15 is 0 Å². The predicted octanol–water partition coefficient (Wildman–Crippen LogP) is 0.760. The number of nitrogens with one attached hydrogen (secondary N) is 1. The van der Waals surface area contributed by atoms with Gasteiger partial charge in [0.1, 0.15) is 6.61 Å². The molecule has 0 atom stereocenters. The number of carbonyl (C=O) groups excluding carboxylic acids is 3. The Labute approximate surface area is 131 Å². The summed E-state index contributed by atoms with van der Waals surface area (Å²) in [4.78, 5) is 36.9. The van der Waals surface area contributed by atoms with Gasteiger partial charge in [-0.1, -0.05) is 12.8 Å². The fraction of sp³-hybridized carbons (Fsp3) is 0.667. The standard InChI is InChI=1S/C15H25N3O4/c1-16-15(21)22-12-11-17(2)9-5-3-4-6-10-18-13(19)7-8-14(18)20/h7-8H,3-6,9-12H2,1-2H3,(H,16,21). The number of likely N-dealkylation sites (N-methyl/N-ethyl adjacent to an activating group) is 1. The Balaban J connectivity index is 1.95. The van der Waals surface area contributed by atoms with E-state index in [9.17, 15) is 14.4 Å². The lowest BCUT2D eigenvalue weighted by molar-refractivity contribution is -0.136. The molecule has 0 saturated carbocycles. The maximum Gasteiger partial charge on any atom is 0.406 e. The number of rotatable bonds is 10. The Morgan fingerprint density at radius 2 is 1.77 bits per heavy atom. The molecular formula is C15H25N3O4. The molecule has 0 spiro atoms. The quantitative estimate of drug-likeness (QED) is 0.476. The first-order valence-electron chi connectivity index (χ1n) is 7.61. The van der Waals surface area contributed by atoms with Crippen molar-refractivity contribution in [1.29, 1.82) is 0 Å². The summed E-state index contributed by atoms with van der Waals surface area (Å²) >= 11 is 0. The van der Waals surface area contributed by atoms with Crippen LogP contribution in [0, 0.1) is 0 Å². The summed E-state index contributed by atoms with van der Waals surface area (Å²) in [6.45, 7) is 2.51. The van der Waals surface area contributed by atoms with Gasteiger partial charge in [0.05, 0.1) is 0 Å². The second-order valence-corrected chi connectivity index (χ2v) is 5.26. The first kappa shape index (κ1) is 18.2. The number of hydrogen-bond donors (Lipinski definition) is 1. The number of alkyl carbamates (subject to hydrolysis) is 1. The molecule has 0 aliphatic carbocycles. The average molecular weight is 311 g/mol. The van der Waals surface area contributed by atoms with Crippen LogP contribution in [0.1, 0.15) is 25.7 Å². The van der Waals surface area contributed by atoms with Gasteiger partial charge in [-0.3, -0.25) is 14.5 Å². The van der Waals surface area contributed by atoms with Crippen LogP contribution in [0.3, 0.4) is 0 Å². The summed E-state index contributed by atoms with van der Waals surface area (Å²) in [6, 6.07) is 0. The first-order chi connectivity index (χ1) is 10.5. The summed E-state index contributed by atoms with van der Waals surface area (Å²) in [6.07, 6.45) is 6.13. The van der Waals surface area contributed by atoms with Gasteiger partial charge in [0, 0.05) is 32.3 Å². The number of hydrogen-bond acceptors (Lipinski definition) is 5. The molecule has 1 N–H and O–H groups in total. The number of amides is 3. The van der Waals surface area contributed by atoms with Gasteiger partial charge in [-0.15, -0.1) is 0 Å². The SMILES string of the molecule is CNC(=O)OCCN(C)CCCCCCN1C(=O)C=CC1=O. The molecular weight excluding hydrogens is 286 g/mol. The monoisotopic (exact) mass is 311 g/mol. The Morgan fingerprint density at radius 3 is 2.41 bits per heavy atom. The zero-order chi connectivity index (χ0) is 16.4. The highest BCUT2D eigenvalue weighted by molar-refractivity contribution is 6.12. The van der Waals surface area contributed by atoms with E-state index in [-0.39, 0.29) is 11.8 Å². The van der Waals surface area contributed by atoms with Crippen molar-refractivity contribution in [3.05, 3.63) is 12.2 Å². The van der Waals surface area contributed by atoms with E-state index in [1.165, 1.54) is 24.1 Å². The number of nitrogens with zero attached hydrogens (tertiary/aromatic N) is 2. The van der Waals surface area contributed by atoms with E-state index in [0.29, 0.717) is 19.7 Å². The van der Waals surface area contributed by atoms with Gasteiger partial charge >= 0.3 is 6.09 Å². The second kappa shape index (κ2) is 9.94. The van der Waals surface area contributed by atoms with E-state index in [0.717, 1.165) is 32.2 Å². The summed E-state index contributed by atoms with van der Waals surface area (Å²) in [7, 11) is 3.52. The maximum absolute atomic E-state index is 11.3. The molecule has 124 valence electrons. The van der Waals surface area contributed by atoms with Crippen molar-refractivity contribution in [2.45, 2.75) is 25.7 Å². The molecule has 0 aromatic rings. The van der Waals surface area contributed by atoms with Gasteiger partial charge < -0.3 is 15.0 Å². The minimum atomic E-state index is -0.408. The van der Waals surface area contributed by atoms with Crippen molar-refractivity contribution in [2.75, 3.05) is 40.3 Å². The van der Waals surface area contributed by atoms with Crippen LogP contribution in [0.15, 0.2) is 12.2 Å². The van der Waals surface area contributed by atoms with Crippen molar-refractivity contribution in [2.24, 2.45) is 0 Å². The van der Waals surface area contributed by atoms with Crippen molar-refractivity contribution in [3.8, 4) is 0 Å². The van der Waals surface area contributed by atoms with Gasteiger partial charge in [-0.05, 0) is 26.4 Å². The number of unbranched alkanes of at least 4 members (excludes halogenated alkanes) is 3. The summed E-state index contributed by atoms with van der Waals surface area (Å²) in [5.41, 5.74) is 0. The molecule has 7 heteroatoms. The molecule has 1 aliphatic heterocycles. The Hall–Kier alpha value is -1.89. The van der Waals surface area contributed by atoms with E-state index in [1.807, 2.05) is 7.05 Å². The molecule has 0 unspecified atom stereocenters. The van der Waals surface area contributed by atoms with E-state index in [2.05, 4.69) is 10.2 Å². The topological polar surface area (TPSA) is 79.0 Å². The number of carbonyl (C=O) groups is 3. The van der Waals surface area contributed by atoms with Gasteiger partial charge in [0.15, 0.2) is 0 Å². The molecule has 1 aliphatic rings. The van der Waals surface area contributed by atoms with Gasteiger partial charge in [0.25, 0.3) is 11.8 Å². The summed E-state index contributed by atoms with van der Waals surface area (Å²) < 4.78 is 4.92. The van der Waals surface area contributed by atoms with E-state index in [1.54, 1.807) is 0 Å². The molecule has 7 nitrogen and oxygen atoms in total. The molecule has 1 rings (SSSR count). The largest absolute Gasteiger partial charge is 0.448 e. The highest BCUT2D eigenvalue weighted by Gasteiger charge is 2.21. The second-order valence-electron chi connectivity index (χ2n) is 5.26. The minimum Gasteiger partial charge on any atom is -0.448 e. The van der Waals surface area contributed by atoms with Gasteiger partial charge in [0.2, 0.25) is 0 Å².